The van der Waals surface area contributed by atoms with E-state index >= 15 is 0 Å². The average Bonchev–Trinajstić information content (AvgIpc) is 0.716. The fourth-order valence-electron chi connectivity index (χ4n) is 17.8. The van der Waals surface area contributed by atoms with Crippen LogP contribution in [0.15, 0.2) is 220 Å². The third kappa shape index (κ3) is 15.2. The molecule has 0 unspecified atom stereocenters. The van der Waals surface area contributed by atoms with E-state index in [0.29, 0.717) is 26.2 Å². The first-order valence-electron chi connectivity index (χ1n) is 40.8. The van der Waals surface area contributed by atoms with Gasteiger partial charge in [-0.3, -0.25) is 19.9 Å². The molecule has 0 saturated carbocycles. The molecule has 12 heterocycles. The number of hydrogen-bond donors (Lipinski definition) is 0. The van der Waals surface area contributed by atoms with Crippen molar-refractivity contribution in [3.8, 4) is 90.5 Å². The monoisotopic (exact) mass is 1490 g/mol. The molecule has 0 amide bonds. The van der Waals surface area contributed by atoms with Crippen LogP contribution in [0, 0.1) is 0 Å². The minimum absolute atomic E-state index is 0.0815. The Morgan fingerprint density at radius 3 is 0.580 bits per heavy atom. The standard InChI is InChI=1S/C96H100N8O8/c1-5-9-13-17-73-77-53-79-74(18-14-10-6-2)81-55-83-76(20-16-12-8-4)84-56-82-75(19-15-11-7-3)80-54-78(73)90-86(58-102-47-31-70(32-48-102)66-23-39-98-40-24-66)92(80)108-63-110-94(82)88(60-104-51-35-72(36-52-104)68-27-43-100-44-28-68)96(84)112-64-111-95(83)87(59-103-49-33-71(34-50-103)67-25-41-99-42-26-67)93(81)109-62-107-91(79)85(89(77)105-61-106-90)57-101-45-29-69(30-46-101)65-21-37-97-38-22-65/h21-56,73-76H,5-20,57-64H2,1-4H3/q+4. The van der Waals surface area contributed by atoms with Crippen molar-refractivity contribution >= 4 is 0 Å². The van der Waals surface area contributed by atoms with Crippen LogP contribution < -0.4 is 56.2 Å². The van der Waals surface area contributed by atoms with E-state index in [0.717, 1.165) is 260 Å². The lowest BCUT2D eigenvalue weighted by Crippen LogP contribution is -2.36. The van der Waals surface area contributed by atoms with E-state index in [1.165, 1.54) is 0 Å². The average molecular weight is 1490 g/mol. The molecule has 0 fully saturated rings. The molecule has 12 aromatic rings. The fourth-order valence-corrected chi connectivity index (χ4v) is 17.8. The molecule has 0 spiro atoms. The van der Waals surface area contributed by atoms with Gasteiger partial charge in [0.05, 0.1) is 0 Å². The minimum atomic E-state index is -0.235. The van der Waals surface area contributed by atoms with Crippen LogP contribution in [0.5, 0.6) is 46.0 Å². The first kappa shape index (κ1) is 73.3. The SMILES string of the molecule is CCCCCC1c2cc3c4c(C[n+]5ccc(-c6ccncc6)cc5)c2OCOc2c1cc1c(c2C[n+]2ccc(-c5ccncc5)cc2)OCOc2c(cc5c(c2C[n+]2ccc(-c6ccncc6)cc2)OCOc2c(cc(c(c2C[n+]2ccc(-c6ccncc6)cc2)OCO4)C3CCCCC)C5CCCCC)C1CCCCC. The van der Waals surface area contributed by atoms with Crippen LogP contribution in [0.1, 0.15) is 221 Å². The Bertz CT molecular complexity index is 4470. The molecule has 8 aromatic heterocycles. The molecule has 0 saturated heterocycles. The second-order valence-corrected chi connectivity index (χ2v) is 30.6. The van der Waals surface area contributed by atoms with E-state index in [2.05, 4.69) is 237 Å². The van der Waals surface area contributed by atoms with E-state index in [1.54, 1.807) is 0 Å². The quantitative estimate of drug-likeness (QED) is 0.0340. The van der Waals surface area contributed by atoms with Gasteiger partial charge < -0.3 is 37.9 Å². The predicted octanol–water partition coefficient (Wildman–Crippen LogP) is 19.4. The van der Waals surface area contributed by atoms with Crippen LogP contribution in [-0.2, 0) is 26.2 Å². The summed E-state index contributed by atoms with van der Waals surface area (Å²) in [5, 5.41) is 0. The van der Waals surface area contributed by atoms with Gasteiger partial charge in [-0.15, -0.1) is 0 Å². The Kier molecular flexibility index (Phi) is 22.2. The van der Waals surface area contributed by atoms with Crippen molar-refractivity contribution in [1.29, 1.82) is 0 Å². The number of rotatable bonds is 28. The molecule has 0 atom stereocenters. The summed E-state index contributed by atoms with van der Waals surface area (Å²) in [6.45, 7) is 10.6. The molecule has 1 aliphatic carbocycles. The summed E-state index contributed by atoms with van der Waals surface area (Å²) in [4.78, 5) is 17.4. The zero-order valence-electron chi connectivity index (χ0n) is 64.9. The first-order chi connectivity index (χ1) is 55.4. The van der Waals surface area contributed by atoms with Crippen LogP contribution in [0.25, 0.3) is 44.5 Å². The van der Waals surface area contributed by atoms with E-state index in [1.807, 2.05) is 49.6 Å². The van der Waals surface area contributed by atoms with Gasteiger partial charge in [0.2, 0.25) is 27.2 Å². The molecule has 5 aliphatic rings. The molecule has 4 aliphatic heterocycles. The lowest BCUT2D eigenvalue weighted by molar-refractivity contribution is -0.688. The van der Waals surface area contributed by atoms with Crippen LogP contribution in [-0.4, -0.2) is 47.1 Å². The molecular weight excluding hydrogens is 1390 g/mol. The maximum absolute atomic E-state index is 7.52. The second-order valence-electron chi connectivity index (χ2n) is 30.6. The summed E-state index contributed by atoms with van der Waals surface area (Å²) < 4.78 is 69.2. The maximum Gasteiger partial charge on any atom is 0.230 e. The number of unbranched alkanes of at least 4 members (excludes halogenated alkanes) is 8. The Morgan fingerprint density at radius 2 is 0.411 bits per heavy atom. The van der Waals surface area contributed by atoms with Crippen LogP contribution in [0.4, 0.5) is 0 Å². The second kappa shape index (κ2) is 34.0. The Balaban J connectivity index is 0.983. The van der Waals surface area contributed by atoms with Gasteiger partial charge in [-0.05, 0) is 143 Å². The van der Waals surface area contributed by atoms with Crippen molar-refractivity contribution in [2.24, 2.45) is 0 Å². The topological polar surface area (TPSA) is 141 Å². The van der Waals surface area contributed by atoms with Crippen molar-refractivity contribution in [3.63, 3.8) is 0 Å². The number of hydrogen-bond acceptors (Lipinski definition) is 12. The third-order valence-corrected chi connectivity index (χ3v) is 23.5. The summed E-state index contributed by atoms with van der Waals surface area (Å²) in [5.74, 6) is 5.27. The minimum Gasteiger partial charge on any atom is -0.456 e. The fraction of sp³-hybridized carbons (Fsp3) is 0.333. The zero-order chi connectivity index (χ0) is 75.7. The summed E-state index contributed by atoms with van der Waals surface area (Å²) >= 11 is 0. The lowest BCUT2D eigenvalue weighted by Gasteiger charge is -2.37. The van der Waals surface area contributed by atoms with E-state index in [4.69, 9.17) is 37.9 Å². The Labute approximate surface area is 657 Å². The van der Waals surface area contributed by atoms with Gasteiger partial charge in [0, 0.05) is 166 Å². The van der Waals surface area contributed by atoms with Crippen LogP contribution in [0.3, 0.4) is 0 Å². The molecule has 8 bridgehead atoms. The third-order valence-electron chi connectivity index (χ3n) is 23.5. The molecule has 0 N–H and O–H groups in total. The summed E-state index contributed by atoms with van der Waals surface area (Å²) in [7, 11) is 0. The van der Waals surface area contributed by atoms with Gasteiger partial charge in [-0.1, -0.05) is 105 Å². The first-order valence-corrected chi connectivity index (χ1v) is 40.8. The molecule has 568 valence electrons. The lowest BCUT2D eigenvalue weighted by atomic mass is 9.74. The molecule has 0 radical (unpaired) electrons. The van der Waals surface area contributed by atoms with Gasteiger partial charge >= 0.3 is 0 Å². The number of benzene rings is 4. The van der Waals surface area contributed by atoms with Crippen LogP contribution in [0.2, 0.25) is 0 Å². The highest BCUT2D eigenvalue weighted by molar-refractivity contribution is 5.71. The maximum atomic E-state index is 7.52. The van der Waals surface area contributed by atoms with Gasteiger partial charge in [-0.2, -0.15) is 0 Å². The van der Waals surface area contributed by atoms with Crippen molar-refractivity contribution in [3.05, 3.63) is 287 Å². The zero-order valence-corrected chi connectivity index (χ0v) is 64.9. The number of nitrogens with zero attached hydrogens (tertiary/aromatic N) is 8. The predicted molar refractivity (Wildman–Crippen MR) is 430 cm³/mol. The van der Waals surface area contributed by atoms with Gasteiger partial charge in [0.1, 0.15) is 68.2 Å². The number of ether oxygens (including phenoxy) is 8. The largest absolute Gasteiger partial charge is 0.456 e. The normalized spacial score (nSPS) is 16.1. The molecular formula is C96H100N8O8+4. The highest BCUT2D eigenvalue weighted by Gasteiger charge is 2.44. The van der Waals surface area contributed by atoms with E-state index in [-0.39, 0.29) is 50.8 Å². The van der Waals surface area contributed by atoms with Gasteiger partial charge in [0.15, 0.2) is 75.8 Å². The van der Waals surface area contributed by atoms with E-state index in [9.17, 15) is 0 Å². The molecule has 112 heavy (non-hydrogen) atoms. The van der Waals surface area contributed by atoms with E-state index < -0.39 is 0 Å². The summed E-state index contributed by atoms with van der Waals surface area (Å²) in [6.07, 6.45) is 47.7. The number of pyridine rings is 8. The van der Waals surface area contributed by atoms with Crippen molar-refractivity contribution in [2.45, 2.75) is 180 Å². The summed E-state index contributed by atoms with van der Waals surface area (Å²) in [5.41, 5.74) is 21.5. The summed E-state index contributed by atoms with van der Waals surface area (Å²) in [6, 6.07) is 44.2. The number of aromatic nitrogens is 8. The Morgan fingerprint density at radius 1 is 0.241 bits per heavy atom. The highest BCUT2D eigenvalue weighted by Crippen LogP contribution is 2.59. The smallest absolute Gasteiger partial charge is 0.230 e. The Hall–Kier alpha value is -11.5. The van der Waals surface area contributed by atoms with Gasteiger partial charge in [0.25, 0.3) is 0 Å². The highest BCUT2D eigenvalue weighted by atomic mass is 16.7. The van der Waals surface area contributed by atoms with Crippen molar-refractivity contribution in [2.75, 3.05) is 27.2 Å². The van der Waals surface area contributed by atoms with Crippen molar-refractivity contribution < 1.29 is 56.2 Å². The molecule has 4 aromatic carbocycles. The molecule has 17 rings (SSSR count). The van der Waals surface area contributed by atoms with Crippen LogP contribution >= 0.6 is 0 Å². The molecule has 16 heteroatoms. The van der Waals surface area contributed by atoms with Crippen molar-refractivity contribution in [1.82, 2.24) is 19.9 Å². The molecule has 16 nitrogen and oxygen atoms in total. The van der Waals surface area contributed by atoms with Gasteiger partial charge in [-0.25, -0.2) is 18.3 Å².